The summed E-state index contributed by atoms with van der Waals surface area (Å²) in [6.07, 6.45) is 7.59. The van der Waals surface area contributed by atoms with Gasteiger partial charge in [0.05, 0.1) is 27.6 Å². The third-order valence-corrected chi connectivity index (χ3v) is 12.3. The first kappa shape index (κ1) is 45.4. The Hall–Kier alpha value is -6.64. The minimum atomic E-state index is -1.09. The highest BCUT2D eigenvalue weighted by atomic mass is 32.1. The minimum Gasteiger partial charge on any atom is -0.493 e. The third-order valence-electron chi connectivity index (χ3n) is 11.1. The predicted octanol–water partition coefficient (Wildman–Crippen LogP) is 4.74. The number of nitrogens with zero attached hydrogens (tertiary/aromatic N) is 4. The summed E-state index contributed by atoms with van der Waals surface area (Å²) in [5, 5.41) is 16.0. The summed E-state index contributed by atoms with van der Waals surface area (Å²) >= 11 is 1.59. The number of fused-ring (bicyclic) bond motifs is 1. The van der Waals surface area contributed by atoms with Crippen molar-refractivity contribution in [2.75, 3.05) is 32.0 Å². The molecule has 3 aliphatic heterocycles. The van der Waals surface area contributed by atoms with Crippen molar-refractivity contribution in [1.82, 2.24) is 30.4 Å². The molecular formula is C47H51N7O9S. The van der Waals surface area contributed by atoms with Gasteiger partial charge >= 0.3 is 0 Å². The zero-order valence-electron chi connectivity index (χ0n) is 35.8. The number of carbonyl (C=O) groups excluding carboxylic acids is 6. The minimum absolute atomic E-state index is 0.00206. The number of carbonyl (C=O) groups is 6. The van der Waals surface area contributed by atoms with E-state index in [-0.39, 0.29) is 79.4 Å². The summed E-state index contributed by atoms with van der Waals surface area (Å²) in [6.45, 7) is 5.25. The molecule has 7 rings (SSSR count). The van der Waals surface area contributed by atoms with E-state index in [9.17, 15) is 33.9 Å². The van der Waals surface area contributed by atoms with E-state index in [1.54, 1.807) is 43.5 Å². The smallest absolute Gasteiger partial charge is 0.266 e. The number of pyridine rings is 1. The van der Waals surface area contributed by atoms with Crippen LogP contribution in [0.5, 0.6) is 11.5 Å². The number of thiazole rings is 1. The van der Waals surface area contributed by atoms with Crippen LogP contribution in [-0.4, -0.2) is 98.2 Å². The Kier molecular flexibility index (Phi) is 14.4. The number of rotatable bonds is 16. The van der Waals surface area contributed by atoms with Crippen LogP contribution in [0.3, 0.4) is 0 Å². The Morgan fingerprint density at radius 1 is 0.953 bits per heavy atom. The molecule has 0 aliphatic carbocycles. The Labute approximate surface area is 374 Å². The number of piperidine rings is 2. The van der Waals surface area contributed by atoms with Gasteiger partial charge < -0.3 is 30.5 Å². The molecule has 0 bridgehead atoms. The van der Waals surface area contributed by atoms with E-state index < -0.39 is 35.3 Å². The first-order valence-corrected chi connectivity index (χ1v) is 22.3. The lowest BCUT2D eigenvalue weighted by molar-refractivity contribution is -0.136. The maximum Gasteiger partial charge on any atom is 0.266 e. The SMILES string of the molecule is CC(C)(O)C#Cc1cccc(COc2cc(-c3cnc(C4CCN(C(=O)CCNC(=O)CCCCCOc5cccc6c5C(=O)N(C5CCC(=O)NC5=O)C6=O)CC4)s3)cnc2N)c1. The molecule has 6 amide bonds. The monoisotopic (exact) mass is 889 g/mol. The van der Waals surface area contributed by atoms with Gasteiger partial charge in [-0.25, -0.2) is 9.97 Å². The summed E-state index contributed by atoms with van der Waals surface area (Å²) in [4.78, 5) is 88.6. The van der Waals surface area contributed by atoms with Crippen molar-refractivity contribution >= 4 is 52.6 Å². The van der Waals surface area contributed by atoms with Crippen molar-refractivity contribution in [3.05, 3.63) is 88.2 Å². The van der Waals surface area contributed by atoms with Crippen LogP contribution in [0.4, 0.5) is 5.82 Å². The number of amides is 6. The Morgan fingerprint density at radius 3 is 2.53 bits per heavy atom. The molecule has 2 aromatic carbocycles. The van der Waals surface area contributed by atoms with Gasteiger partial charge in [-0.2, -0.15) is 0 Å². The van der Waals surface area contributed by atoms with Crippen LogP contribution >= 0.6 is 11.3 Å². The lowest BCUT2D eigenvalue weighted by Crippen LogP contribution is -2.54. The molecular weight excluding hydrogens is 839 g/mol. The molecule has 5 heterocycles. The fourth-order valence-electron chi connectivity index (χ4n) is 7.72. The quantitative estimate of drug-likeness (QED) is 0.0681. The molecule has 2 saturated heterocycles. The standard InChI is InChI=1S/C47H51N7O9S/c1-47(2,61)19-15-29-8-6-9-30(24-29)28-63-36-25-32(26-50-42(36)48)37-27-51-44(64-37)31-17-21-53(22-18-31)40(57)16-20-49-38(55)12-4-3-5-23-62-35-11-7-10-33-41(35)46(60)54(45(33)59)34-13-14-39(56)52-43(34)58/h6-11,24-27,31,34,61H,3-5,12-14,16-18,20-23,28H2,1-2H3,(H2,48,50)(H,49,55)(H,52,56,58). The van der Waals surface area contributed by atoms with Crippen LogP contribution in [0, 0.1) is 11.8 Å². The molecule has 16 nitrogen and oxygen atoms in total. The molecule has 0 radical (unpaired) electrons. The van der Waals surface area contributed by atoms with Gasteiger partial charge in [0.25, 0.3) is 11.8 Å². The van der Waals surface area contributed by atoms with Gasteiger partial charge in [0.2, 0.25) is 23.6 Å². The zero-order chi connectivity index (χ0) is 45.4. The molecule has 0 saturated carbocycles. The molecule has 2 aromatic heterocycles. The van der Waals surface area contributed by atoms with Crippen molar-refractivity contribution in [2.24, 2.45) is 0 Å². The fraction of sp³-hybridized carbons (Fsp3) is 0.404. The number of unbranched alkanes of at least 4 members (excludes halogenated alkanes) is 2. The second-order valence-electron chi connectivity index (χ2n) is 16.5. The number of likely N-dealkylation sites (tertiary alicyclic amines) is 1. The number of anilines is 1. The number of aromatic nitrogens is 2. The van der Waals surface area contributed by atoms with E-state index in [4.69, 9.17) is 20.2 Å². The molecule has 334 valence electrons. The first-order chi connectivity index (χ1) is 30.7. The lowest BCUT2D eigenvalue weighted by Gasteiger charge is -2.31. The van der Waals surface area contributed by atoms with Crippen LogP contribution in [0.15, 0.2) is 60.9 Å². The van der Waals surface area contributed by atoms with Crippen LogP contribution in [0.2, 0.25) is 0 Å². The van der Waals surface area contributed by atoms with Gasteiger partial charge in [-0.15, -0.1) is 11.3 Å². The van der Waals surface area contributed by atoms with Gasteiger partial charge in [0, 0.05) is 68.3 Å². The number of aliphatic hydroxyl groups is 1. The average molecular weight is 890 g/mol. The fourth-order valence-corrected chi connectivity index (χ4v) is 8.79. The number of benzene rings is 2. The number of ether oxygens (including phenoxy) is 2. The number of nitrogens with one attached hydrogen (secondary N) is 2. The Morgan fingerprint density at radius 2 is 1.75 bits per heavy atom. The molecule has 3 aliphatic rings. The number of nitrogen functional groups attached to an aromatic ring is 1. The second-order valence-corrected chi connectivity index (χ2v) is 17.6. The third kappa shape index (κ3) is 11.3. The normalized spacial score (nSPS) is 16.5. The van der Waals surface area contributed by atoms with E-state index in [1.165, 1.54) is 6.07 Å². The van der Waals surface area contributed by atoms with Crippen molar-refractivity contribution in [1.29, 1.82) is 0 Å². The zero-order valence-corrected chi connectivity index (χ0v) is 36.6. The topological polar surface area (TPSA) is 223 Å². The van der Waals surface area contributed by atoms with Crippen LogP contribution in [0.25, 0.3) is 10.4 Å². The summed E-state index contributed by atoms with van der Waals surface area (Å²) in [5.74, 6) is 4.53. The maximum absolute atomic E-state index is 13.3. The second kappa shape index (κ2) is 20.2. The summed E-state index contributed by atoms with van der Waals surface area (Å²) < 4.78 is 11.9. The van der Waals surface area contributed by atoms with Crippen molar-refractivity contribution < 1.29 is 43.3 Å². The number of nitrogens with two attached hydrogens (primary N) is 1. The lowest BCUT2D eigenvalue weighted by atomic mass is 9.97. The van der Waals surface area contributed by atoms with Gasteiger partial charge in [-0.05, 0) is 88.3 Å². The van der Waals surface area contributed by atoms with E-state index in [2.05, 4.69) is 27.5 Å². The molecule has 5 N–H and O–H groups in total. The van der Waals surface area contributed by atoms with E-state index in [1.807, 2.05) is 41.4 Å². The van der Waals surface area contributed by atoms with Crippen LogP contribution in [-0.2, 0) is 25.8 Å². The molecule has 1 atom stereocenters. The van der Waals surface area contributed by atoms with Crippen molar-refractivity contribution in [3.63, 3.8) is 0 Å². The largest absolute Gasteiger partial charge is 0.493 e. The van der Waals surface area contributed by atoms with E-state index >= 15 is 0 Å². The van der Waals surface area contributed by atoms with Crippen molar-refractivity contribution in [3.8, 4) is 33.8 Å². The van der Waals surface area contributed by atoms with E-state index in [0.29, 0.717) is 44.5 Å². The van der Waals surface area contributed by atoms with E-state index in [0.717, 1.165) is 44.3 Å². The molecule has 2 fully saturated rings. The van der Waals surface area contributed by atoms with Gasteiger partial charge in [-0.3, -0.25) is 39.0 Å². The molecule has 4 aromatic rings. The highest BCUT2D eigenvalue weighted by Crippen LogP contribution is 2.37. The highest BCUT2D eigenvalue weighted by molar-refractivity contribution is 7.15. The molecule has 64 heavy (non-hydrogen) atoms. The number of hydrogen-bond acceptors (Lipinski definition) is 13. The highest BCUT2D eigenvalue weighted by Gasteiger charge is 2.46. The molecule has 17 heteroatoms. The predicted molar refractivity (Wildman–Crippen MR) is 237 cm³/mol. The van der Waals surface area contributed by atoms with Crippen molar-refractivity contribution in [2.45, 2.75) is 95.8 Å². The number of imide groups is 2. The summed E-state index contributed by atoms with van der Waals surface area (Å²) in [5.41, 5.74) is 7.84. The molecule has 1 unspecified atom stereocenters. The Bertz CT molecular complexity index is 2500. The maximum atomic E-state index is 13.3. The van der Waals surface area contributed by atoms with Gasteiger partial charge in [-0.1, -0.05) is 30.0 Å². The van der Waals surface area contributed by atoms with Crippen LogP contribution in [0.1, 0.15) is 114 Å². The average Bonchev–Trinajstić information content (AvgIpc) is 3.87. The van der Waals surface area contributed by atoms with Crippen LogP contribution < -0.4 is 25.8 Å². The Balaban J connectivity index is 0.783. The summed E-state index contributed by atoms with van der Waals surface area (Å²) in [6, 6.07) is 13.1. The first-order valence-electron chi connectivity index (χ1n) is 21.4. The van der Waals surface area contributed by atoms with Gasteiger partial charge in [0.1, 0.15) is 24.0 Å². The number of hydrogen-bond donors (Lipinski definition) is 4. The summed E-state index contributed by atoms with van der Waals surface area (Å²) in [7, 11) is 0. The van der Waals surface area contributed by atoms with Gasteiger partial charge in [0.15, 0.2) is 11.6 Å². The molecule has 0 spiro atoms.